The van der Waals surface area contributed by atoms with Crippen molar-refractivity contribution in [1.82, 2.24) is 10.6 Å². The van der Waals surface area contributed by atoms with Crippen LogP contribution in [-0.4, -0.2) is 23.0 Å². The van der Waals surface area contributed by atoms with Gasteiger partial charge in [0.05, 0.1) is 0 Å². The predicted octanol–water partition coefficient (Wildman–Crippen LogP) is 1.52. The van der Waals surface area contributed by atoms with Crippen LogP contribution in [0.2, 0.25) is 0 Å². The molecule has 1 aliphatic heterocycles. The Balaban J connectivity index is 2.08. The lowest BCUT2D eigenvalue weighted by Crippen LogP contribution is -2.41. The molecule has 1 aromatic carbocycles. The number of carbonyl (C=O) groups is 2. The van der Waals surface area contributed by atoms with Crippen LogP contribution < -0.4 is 10.6 Å². The molecular formula is C15H20N2O3. The molecule has 5 nitrogen and oxygen atoms in total. The second-order valence-corrected chi connectivity index (χ2v) is 5.58. The molecule has 1 heterocycles. The first-order valence-electron chi connectivity index (χ1n) is 6.83. The summed E-state index contributed by atoms with van der Waals surface area (Å²) in [5.41, 5.74) is 2.81. The highest BCUT2D eigenvalue weighted by Gasteiger charge is 2.22. The van der Waals surface area contributed by atoms with Gasteiger partial charge in [0.2, 0.25) is 0 Å². The van der Waals surface area contributed by atoms with Crippen LogP contribution in [0.3, 0.4) is 0 Å². The maximum absolute atomic E-state index is 12.1. The molecule has 2 rings (SSSR count). The highest BCUT2D eigenvalue weighted by atomic mass is 16.4. The smallest absolute Gasteiger partial charge is 0.326 e. The normalized spacial score (nSPS) is 14.9. The number of hydrogen-bond donors (Lipinski definition) is 3. The molecule has 0 saturated carbocycles. The van der Waals surface area contributed by atoms with Gasteiger partial charge in [0.25, 0.3) is 5.91 Å². The fourth-order valence-corrected chi connectivity index (χ4v) is 2.37. The van der Waals surface area contributed by atoms with E-state index in [1.165, 1.54) is 5.56 Å². The minimum Gasteiger partial charge on any atom is -0.480 e. The molecule has 0 unspecified atom stereocenters. The van der Waals surface area contributed by atoms with E-state index < -0.39 is 12.0 Å². The Hall–Kier alpha value is -1.88. The van der Waals surface area contributed by atoms with E-state index in [1.54, 1.807) is 6.07 Å². The van der Waals surface area contributed by atoms with Crippen molar-refractivity contribution in [3.05, 3.63) is 34.9 Å². The van der Waals surface area contributed by atoms with E-state index >= 15 is 0 Å². The van der Waals surface area contributed by atoms with E-state index in [1.807, 2.05) is 26.0 Å². The number of aliphatic carboxylic acids is 1. The van der Waals surface area contributed by atoms with Gasteiger partial charge in [-0.1, -0.05) is 19.9 Å². The first-order chi connectivity index (χ1) is 9.47. The molecule has 1 amide bonds. The maximum Gasteiger partial charge on any atom is 0.326 e. The molecule has 1 aromatic rings. The van der Waals surface area contributed by atoms with Crippen LogP contribution in [0.25, 0.3) is 0 Å². The van der Waals surface area contributed by atoms with E-state index in [-0.39, 0.29) is 11.8 Å². The average Bonchev–Trinajstić information content (AvgIpc) is 2.84. The van der Waals surface area contributed by atoms with Gasteiger partial charge in [0.1, 0.15) is 6.04 Å². The summed E-state index contributed by atoms with van der Waals surface area (Å²) in [7, 11) is 0. The fraction of sp³-hybridized carbons (Fsp3) is 0.467. The Morgan fingerprint density at radius 2 is 2.00 bits per heavy atom. The van der Waals surface area contributed by atoms with E-state index in [0.29, 0.717) is 12.0 Å². The maximum atomic E-state index is 12.1. The molecule has 0 aromatic heterocycles. The van der Waals surface area contributed by atoms with Crippen molar-refractivity contribution in [3.63, 3.8) is 0 Å². The van der Waals surface area contributed by atoms with Crippen LogP contribution in [0.4, 0.5) is 0 Å². The third kappa shape index (κ3) is 3.36. The molecule has 0 saturated heterocycles. The lowest BCUT2D eigenvalue weighted by molar-refractivity contribution is -0.139. The third-order valence-corrected chi connectivity index (χ3v) is 3.41. The molecule has 1 aliphatic rings. The Morgan fingerprint density at radius 3 is 2.65 bits per heavy atom. The van der Waals surface area contributed by atoms with Crippen molar-refractivity contribution in [1.29, 1.82) is 0 Å². The number of rotatable bonds is 5. The first-order valence-corrected chi connectivity index (χ1v) is 6.83. The van der Waals surface area contributed by atoms with Crippen LogP contribution in [0.1, 0.15) is 41.8 Å². The highest BCUT2D eigenvalue weighted by molar-refractivity contribution is 5.96. The van der Waals surface area contributed by atoms with Crippen LogP contribution in [0, 0.1) is 5.92 Å². The quantitative estimate of drug-likeness (QED) is 0.762. The number of benzene rings is 1. The van der Waals surface area contributed by atoms with Gasteiger partial charge >= 0.3 is 5.97 Å². The Bertz CT molecular complexity index is 526. The number of amides is 1. The zero-order chi connectivity index (χ0) is 14.7. The summed E-state index contributed by atoms with van der Waals surface area (Å²) in [6, 6.07) is 4.66. The summed E-state index contributed by atoms with van der Waals surface area (Å²) in [6.07, 6.45) is 0.424. The summed E-state index contributed by atoms with van der Waals surface area (Å²) >= 11 is 0. The van der Waals surface area contributed by atoms with Crippen molar-refractivity contribution < 1.29 is 14.7 Å². The molecule has 1 atom stereocenters. The van der Waals surface area contributed by atoms with Crippen LogP contribution in [0.5, 0.6) is 0 Å². The van der Waals surface area contributed by atoms with Crippen LogP contribution in [-0.2, 0) is 17.9 Å². The number of carboxylic acids is 1. The highest BCUT2D eigenvalue weighted by Crippen LogP contribution is 2.17. The summed E-state index contributed by atoms with van der Waals surface area (Å²) in [6.45, 7) is 5.44. The molecule has 0 radical (unpaired) electrons. The number of nitrogens with one attached hydrogen (secondary N) is 2. The number of fused-ring (bicyclic) bond motifs is 1. The molecule has 0 fully saturated rings. The average molecular weight is 276 g/mol. The summed E-state index contributed by atoms with van der Waals surface area (Å²) in [4.78, 5) is 23.3. The Labute approximate surface area is 118 Å². The van der Waals surface area contributed by atoms with E-state index in [2.05, 4.69) is 10.6 Å². The van der Waals surface area contributed by atoms with Gasteiger partial charge in [0, 0.05) is 18.7 Å². The van der Waals surface area contributed by atoms with Gasteiger partial charge in [-0.05, 0) is 35.6 Å². The van der Waals surface area contributed by atoms with Crippen molar-refractivity contribution >= 4 is 11.9 Å². The van der Waals surface area contributed by atoms with Crippen LogP contribution >= 0.6 is 0 Å². The van der Waals surface area contributed by atoms with Gasteiger partial charge in [-0.25, -0.2) is 4.79 Å². The zero-order valence-corrected chi connectivity index (χ0v) is 11.8. The van der Waals surface area contributed by atoms with Gasteiger partial charge in [-0.15, -0.1) is 0 Å². The molecule has 20 heavy (non-hydrogen) atoms. The van der Waals surface area contributed by atoms with Gasteiger partial charge in [0.15, 0.2) is 0 Å². The molecule has 0 aliphatic carbocycles. The van der Waals surface area contributed by atoms with Crippen LogP contribution in [0.15, 0.2) is 18.2 Å². The second kappa shape index (κ2) is 6.05. The summed E-state index contributed by atoms with van der Waals surface area (Å²) in [5.74, 6) is -1.11. The lowest BCUT2D eigenvalue weighted by Gasteiger charge is -2.16. The Kier molecular flexibility index (Phi) is 4.39. The summed E-state index contributed by atoms with van der Waals surface area (Å²) < 4.78 is 0. The van der Waals surface area contributed by atoms with E-state index in [4.69, 9.17) is 5.11 Å². The molecule has 3 N–H and O–H groups in total. The minimum atomic E-state index is -0.991. The van der Waals surface area contributed by atoms with E-state index in [9.17, 15) is 9.59 Å². The largest absolute Gasteiger partial charge is 0.480 e. The molecule has 0 spiro atoms. The van der Waals surface area contributed by atoms with Crippen molar-refractivity contribution in [2.75, 3.05) is 0 Å². The molecule has 5 heteroatoms. The second-order valence-electron chi connectivity index (χ2n) is 5.58. The lowest BCUT2D eigenvalue weighted by atomic mass is 10.0. The number of carboxylic acid groups (broad SMARTS) is 1. The van der Waals surface area contributed by atoms with E-state index in [0.717, 1.165) is 18.7 Å². The molecular weight excluding hydrogens is 256 g/mol. The minimum absolute atomic E-state index is 0.209. The van der Waals surface area contributed by atoms with Crippen molar-refractivity contribution in [2.24, 2.45) is 5.92 Å². The third-order valence-electron chi connectivity index (χ3n) is 3.41. The number of carbonyl (C=O) groups excluding carboxylic acids is 1. The molecule has 108 valence electrons. The standard InChI is InChI=1S/C15H20N2O3/c1-9(2)5-13(15(19)20)17-14(18)10-3-4-11-7-16-8-12(11)6-10/h3-4,6,9,13,16H,5,7-8H2,1-2H3,(H,17,18)(H,19,20)/t13-/m1/s1. The fourth-order valence-electron chi connectivity index (χ4n) is 2.37. The van der Waals surface area contributed by atoms with Crippen molar-refractivity contribution in [2.45, 2.75) is 39.4 Å². The van der Waals surface area contributed by atoms with Crippen molar-refractivity contribution in [3.8, 4) is 0 Å². The SMILES string of the molecule is CC(C)C[C@@H](NC(=O)c1ccc2c(c1)CNC2)C(=O)O. The number of hydrogen-bond acceptors (Lipinski definition) is 3. The first kappa shape index (κ1) is 14.5. The summed E-state index contributed by atoms with van der Waals surface area (Å²) in [5, 5.41) is 15.0. The topological polar surface area (TPSA) is 78.4 Å². The Morgan fingerprint density at radius 1 is 1.30 bits per heavy atom. The predicted molar refractivity (Wildman–Crippen MR) is 75.3 cm³/mol. The van der Waals surface area contributed by atoms with Gasteiger partial charge < -0.3 is 15.7 Å². The monoisotopic (exact) mass is 276 g/mol. The zero-order valence-electron chi connectivity index (χ0n) is 11.8. The van der Waals surface area contributed by atoms with Gasteiger partial charge in [-0.3, -0.25) is 4.79 Å². The van der Waals surface area contributed by atoms with Gasteiger partial charge in [-0.2, -0.15) is 0 Å². The molecule has 0 bridgehead atoms.